The molecule has 0 radical (unpaired) electrons. The summed E-state index contributed by atoms with van der Waals surface area (Å²) in [4.78, 5) is 7.33. The lowest BCUT2D eigenvalue weighted by Crippen LogP contribution is -2.13. The molecule has 0 amide bonds. The Morgan fingerprint density at radius 1 is 1.27 bits per heavy atom. The normalized spacial score (nSPS) is 12.2. The first kappa shape index (κ1) is 17.1. The van der Waals surface area contributed by atoms with E-state index in [2.05, 4.69) is 9.98 Å². The average Bonchev–Trinajstić information content (AvgIpc) is 2.97. The van der Waals surface area contributed by atoms with Crippen LogP contribution in [0.25, 0.3) is 17.0 Å². The second kappa shape index (κ2) is 7.45. The third-order valence-electron chi connectivity index (χ3n) is 3.79. The number of para-hydroxylation sites is 1. The average molecular weight is 346 g/mol. The number of nitrogens with one attached hydrogen (secondary N) is 1. The number of aromatic hydroxyl groups is 1. The summed E-state index contributed by atoms with van der Waals surface area (Å²) in [7, 11) is 0. The van der Waals surface area contributed by atoms with Gasteiger partial charge in [-0.2, -0.15) is 5.26 Å². The van der Waals surface area contributed by atoms with Crippen LogP contribution >= 0.6 is 0 Å². The van der Waals surface area contributed by atoms with Crippen molar-refractivity contribution >= 4 is 28.5 Å². The maximum atomic E-state index is 10.3. The molecular formula is C20H18N4O2. The lowest BCUT2D eigenvalue weighted by atomic mass is 10.2. The van der Waals surface area contributed by atoms with Gasteiger partial charge < -0.3 is 20.6 Å². The van der Waals surface area contributed by atoms with E-state index in [0.29, 0.717) is 23.4 Å². The molecule has 3 aromatic rings. The molecule has 2 aromatic carbocycles. The fraction of sp³-hybridized carbons (Fsp3) is 0.100. The predicted molar refractivity (Wildman–Crippen MR) is 102 cm³/mol. The molecule has 0 aliphatic carbocycles. The van der Waals surface area contributed by atoms with Crippen LogP contribution in [-0.4, -0.2) is 22.5 Å². The number of nitriles is 1. The number of hydrogen-bond acceptors (Lipinski definition) is 4. The van der Waals surface area contributed by atoms with E-state index in [1.807, 2.05) is 31.2 Å². The third kappa shape index (κ3) is 3.52. The molecule has 6 nitrogen and oxygen atoms in total. The van der Waals surface area contributed by atoms with Gasteiger partial charge in [-0.05, 0) is 49.4 Å². The van der Waals surface area contributed by atoms with Crippen LogP contribution in [0, 0.1) is 11.3 Å². The second-order valence-electron chi connectivity index (χ2n) is 5.53. The van der Waals surface area contributed by atoms with E-state index in [0.717, 1.165) is 11.3 Å². The summed E-state index contributed by atoms with van der Waals surface area (Å²) < 4.78 is 5.38. The van der Waals surface area contributed by atoms with Gasteiger partial charge in [-0.3, -0.25) is 0 Å². The van der Waals surface area contributed by atoms with Crippen molar-refractivity contribution in [1.29, 1.82) is 5.26 Å². The van der Waals surface area contributed by atoms with E-state index >= 15 is 0 Å². The minimum absolute atomic E-state index is 0.0646. The van der Waals surface area contributed by atoms with E-state index in [4.69, 9.17) is 10.5 Å². The fourth-order valence-corrected chi connectivity index (χ4v) is 2.54. The van der Waals surface area contributed by atoms with Crippen molar-refractivity contribution in [1.82, 2.24) is 4.98 Å². The number of nitrogens with two attached hydrogens (primary N) is 1. The number of aliphatic imine (C=N–C) groups is 1. The Morgan fingerprint density at radius 2 is 2.00 bits per heavy atom. The Balaban J connectivity index is 1.92. The first-order valence-corrected chi connectivity index (χ1v) is 8.11. The van der Waals surface area contributed by atoms with Crippen molar-refractivity contribution in [3.63, 3.8) is 0 Å². The van der Waals surface area contributed by atoms with Crippen molar-refractivity contribution < 1.29 is 9.84 Å². The number of aromatic amines is 1. The molecule has 0 atom stereocenters. The van der Waals surface area contributed by atoms with Crippen LogP contribution in [0.2, 0.25) is 0 Å². The summed E-state index contributed by atoms with van der Waals surface area (Å²) in [5.41, 5.74) is 7.92. The van der Waals surface area contributed by atoms with Gasteiger partial charge in [-0.1, -0.05) is 12.1 Å². The largest absolute Gasteiger partial charge is 0.505 e. The van der Waals surface area contributed by atoms with E-state index in [1.165, 1.54) is 6.08 Å². The zero-order chi connectivity index (χ0) is 18.5. The molecule has 130 valence electrons. The zero-order valence-electron chi connectivity index (χ0n) is 14.2. The predicted octanol–water partition coefficient (Wildman–Crippen LogP) is 3.87. The van der Waals surface area contributed by atoms with Gasteiger partial charge in [-0.15, -0.1) is 0 Å². The molecule has 0 unspecified atom stereocenters. The highest BCUT2D eigenvalue weighted by atomic mass is 16.5. The van der Waals surface area contributed by atoms with E-state index in [9.17, 15) is 10.4 Å². The van der Waals surface area contributed by atoms with E-state index < -0.39 is 0 Å². The van der Waals surface area contributed by atoms with Crippen LogP contribution in [0.1, 0.15) is 12.6 Å². The number of fused-ring (bicyclic) bond motifs is 1. The number of ether oxygens (including phenoxy) is 1. The number of benzene rings is 2. The lowest BCUT2D eigenvalue weighted by molar-refractivity contribution is 0.340. The molecule has 0 bridgehead atoms. The van der Waals surface area contributed by atoms with Crippen molar-refractivity contribution in [2.75, 3.05) is 6.61 Å². The molecule has 0 spiro atoms. The number of aromatic nitrogens is 1. The molecule has 0 aliphatic rings. The topological polar surface area (TPSA) is 107 Å². The molecule has 1 aromatic heterocycles. The maximum Gasteiger partial charge on any atom is 0.148 e. The fourth-order valence-electron chi connectivity index (χ4n) is 2.54. The van der Waals surface area contributed by atoms with Gasteiger partial charge in [0.25, 0.3) is 0 Å². The SMILES string of the molecule is CCOc1ccc(N=C(N)/C(C#N)=C/c2[nH]c3ccccc3c2O)cc1. The summed E-state index contributed by atoms with van der Waals surface area (Å²) in [5, 5.41) is 20.4. The maximum absolute atomic E-state index is 10.3. The quantitative estimate of drug-likeness (QED) is 0.370. The minimum Gasteiger partial charge on any atom is -0.505 e. The summed E-state index contributed by atoms with van der Waals surface area (Å²) in [6.45, 7) is 2.49. The first-order chi connectivity index (χ1) is 12.6. The second-order valence-corrected chi connectivity index (χ2v) is 5.53. The van der Waals surface area contributed by atoms with Gasteiger partial charge in [0.1, 0.15) is 23.4 Å². The van der Waals surface area contributed by atoms with Gasteiger partial charge in [0.05, 0.1) is 23.6 Å². The van der Waals surface area contributed by atoms with Crippen molar-refractivity contribution in [2.45, 2.75) is 6.92 Å². The highest BCUT2D eigenvalue weighted by Crippen LogP contribution is 2.30. The molecular weight excluding hydrogens is 328 g/mol. The van der Waals surface area contributed by atoms with E-state index in [1.54, 1.807) is 30.3 Å². The molecule has 1 heterocycles. The van der Waals surface area contributed by atoms with E-state index in [-0.39, 0.29) is 17.2 Å². The van der Waals surface area contributed by atoms with Gasteiger partial charge in [-0.25, -0.2) is 4.99 Å². The van der Waals surface area contributed by atoms with Crippen LogP contribution in [0.5, 0.6) is 11.5 Å². The highest BCUT2D eigenvalue weighted by Gasteiger charge is 2.10. The van der Waals surface area contributed by atoms with Crippen molar-refractivity contribution in [3.05, 3.63) is 59.8 Å². The Labute approximate surface area is 150 Å². The minimum atomic E-state index is 0.0646. The Bertz CT molecular complexity index is 1020. The smallest absolute Gasteiger partial charge is 0.148 e. The Kier molecular flexibility index (Phi) is 4.90. The van der Waals surface area contributed by atoms with Gasteiger partial charge >= 0.3 is 0 Å². The van der Waals surface area contributed by atoms with Crippen LogP contribution in [0.3, 0.4) is 0 Å². The first-order valence-electron chi connectivity index (χ1n) is 8.11. The van der Waals surface area contributed by atoms with Gasteiger partial charge in [0.2, 0.25) is 0 Å². The van der Waals surface area contributed by atoms with Crippen LogP contribution < -0.4 is 10.5 Å². The molecule has 6 heteroatoms. The summed E-state index contributed by atoms with van der Waals surface area (Å²) >= 11 is 0. The number of rotatable bonds is 5. The molecule has 3 rings (SSSR count). The number of hydrogen-bond donors (Lipinski definition) is 3. The standard InChI is InChI=1S/C20H18N4O2/c1-2-26-15-9-7-14(8-10-15)23-20(22)13(12-21)11-18-19(25)16-5-3-4-6-17(16)24-18/h3-11,24-25H,2H2,1H3,(H2,22,23)/b13-11+. The van der Waals surface area contributed by atoms with Crippen LogP contribution in [-0.2, 0) is 0 Å². The van der Waals surface area contributed by atoms with Gasteiger partial charge in [0.15, 0.2) is 0 Å². The summed E-state index contributed by atoms with van der Waals surface area (Å²) in [5.74, 6) is 0.876. The summed E-state index contributed by atoms with van der Waals surface area (Å²) in [6.07, 6.45) is 1.49. The molecule has 0 saturated heterocycles. The number of amidine groups is 1. The third-order valence-corrected chi connectivity index (χ3v) is 3.79. The molecule has 0 fully saturated rings. The van der Waals surface area contributed by atoms with Crippen molar-refractivity contribution in [2.24, 2.45) is 10.7 Å². The zero-order valence-corrected chi connectivity index (χ0v) is 14.2. The molecule has 26 heavy (non-hydrogen) atoms. The molecule has 0 saturated carbocycles. The van der Waals surface area contributed by atoms with Gasteiger partial charge in [0, 0.05) is 10.9 Å². The van der Waals surface area contributed by atoms with Crippen molar-refractivity contribution in [3.8, 4) is 17.6 Å². The number of nitrogens with zero attached hydrogens (tertiary/aromatic N) is 2. The molecule has 4 N–H and O–H groups in total. The Morgan fingerprint density at radius 3 is 2.65 bits per heavy atom. The van der Waals surface area contributed by atoms with Crippen LogP contribution in [0.4, 0.5) is 5.69 Å². The summed E-state index contributed by atoms with van der Waals surface area (Å²) in [6, 6.07) is 16.4. The molecule has 0 aliphatic heterocycles. The number of H-pyrrole nitrogens is 1. The monoisotopic (exact) mass is 346 g/mol. The Hall–Kier alpha value is -3.72. The highest BCUT2D eigenvalue weighted by molar-refractivity contribution is 6.06. The lowest BCUT2D eigenvalue weighted by Gasteiger charge is -2.03. The van der Waals surface area contributed by atoms with Crippen LogP contribution in [0.15, 0.2) is 59.1 Å².